The van der Waals surface area contributed by atoms with Crippen LogP contribution in [0.25, 0.3) is 16.7 Å². The van der Waals surface area contributed by atoms with Crippen molar-refractivity contribution >= 4 is 32.6 Å². The van der Waals surface area contributed by atoms with Gasteiger partial charge in [0.05, 0.1) is 5.69 Å². The van der Waals surface area contributed by atoms with Crippen molar-refractivity contribution in [2.24, 2.45) is 0 Å². The number of aromatic nitrogens is 1. The summed E-state index contributed by atoms with van der Waals surface area (Å²) in [7, 11) is 0. The van der Waals surface area contributed by atoms with Crippen LogP contribution in [0.3, 0.4) is 0 Å². The summed E-state index contributed by atoms with van der Waals surface area (Å²) < 4.78 is 30.3. The highest BCUT2D eigenvalue weighted by Crippen LogP contribution is 2.32. The van der Waals surface area contributed by atoms with Gasteiger partial charge < -0.3 is 9.84 Å². The molecule has 6 heteroatoms. The number of pyridine rings is 1. The number of hydrogen-bond acceptors (Lipinski definition) is 3. The van der Waals surface area contributed by atoms with Crippen LogP contribution in [0.2, 0.25) is 0 Å². The first-order chi connectivity index (χ1) is 9.42. The van der Waals surface area contributed by atoms with Crippen LogP contribution in [0.1, 0.15) is 18.2 Å². The molecule has 2 rings (SSSR count). The molecule has 20 heavy (non-hydrogen) atoms. The highest BCUT2D eigenvalue weighted by Gasteiger charge is 2.14. The van der Waals surface area contributed by atoms with Gasteiger partial charge in [-0.25, -0.2) is 4.98 Å². The monoisotopic (exact) mass is 343 g/mol. The average Bonchev–Trinajstić information content (AvgIpc) is 2.39. The number of hydrogen-bond donors (Lipinski definition) is 1. The zero-order valence-corrected chi connectivity index (χ0v) is 12.4. The van der Waals surface area contributed by atoms with Crippen LogP contribution >= 0.6 is 15.9 Å². The summed E-state index contributed by atoms with van der Waals surface area (Å²) in [4.78, 5) is 4.25. The Hall–Kier alpha value is -1.69. The standard InChI is InChI=1S/C14H12BrF2NO2/c1-3-11(19)8-4-9-5-10(15)7(2)18-13(9)12(6-8)20-14(16)17/h3-6,14,19H,1-2H3. The van der Waals surface area contributed by atoms with Gasteiger partial charge in [-0.2, -0.15) is 8.78 Å². The van der Waals surface area contributed by atoms with Crippen molar-refractivity contribution < 1.29 is 18.6 Å². The maximum Gasteiger partial charge on any atom is 0.387 e. The molecular weight excluding hydrogens is 332 g/mol. The van der Waals surface area contributed by atoms with Crippen LogP contribution in [0.15, 0.2) is 28.7 Å². The van der Waals surface area contributed by atoms with E-state index in [0.29, 0.717) is 22.2 Å². The molecule has 0 fully saturated rings. The van der Waals surface area contributed by atoms with Crippen LogP contribution in [-0.4, -0.2) is 16.7 Å². The number of fused-ring (bicyclic) bond motifs is 1. The van der Waals surface area contributed by atoms with Gasteiger partial charge in [-0.05, 0) is 54.1 Å². The van der Waals surface area contributed by atoms with E-state index in [1.807, 2.05) is 0 Å². The summed E-state index contributed by atoms with van der Waals surface area (Å²) in [6, 6.07) is 4.77. The second-order valence-electron chi connectivity index (χ2n) is 4.15. The van der Waals surface area contributed by atoms with Crippen LogP contribution in [0, 0.1) is 6.92 Å². The second kappa shape index (κ2) is 5.75. The third-order valence-corrected chi connectivity index (χ3v) is 3.60. The van der Waals surface area contributed by atoms with E-state index in [1.165, 1.54) is 12.1 Å². The summed E-state index contributed by atoms with van der Waals surface area (Å²) in [6.45, 7) is 0.454. The first kappa shape index (κ1) is 14.7. The predicted molar refractivity (Wildman–Crippen MR) is 77.1 cm³/mol. The number of aryl methyl sites for hydroxylation is 1. The molecule has 0 aliphatic rings. The van der Waals surface area contributed by atoms with Crippen LogP contribution in [0.5, 0.6) is 5.75 Å². The van der Waals surface area contributed by atoms with Crippen molar-refractivity contribution in [1.29, 1.82) is 0 Å². The number of aliphatic hydroxyl groups is 1. The molecule has 0 saturated carbocycles. The molecule has 0 radical (unpaired) electrons. The first-order valence-electron chi connectivity index (χ1n) is 5.83. The number of aliphatic hydroxyl groups excluding tert-OH is 1. The van der Waals surface area contributed by atoms with Gasteiger partial charge in [-0.1, -0.05) is 0 Å². The van der Waals surface area contributed by atoms with E-state index in [2.05, 4.69) is 25.7 Å². The maximum absolute atomic E-state index is 12.5. The summed E-state index contributed by atoms with van der Waals surface area (Å²) in [5.41, 5.74) is 1.39. The second-order valence-corrected chi connectivity index (χ2v) is 5.01. The van der Waals surface area contributed by atoms with Crippen molar-refractivity contribution in [2.75, 3.05) is 0 Å². The number of halogens is 3. The van der Waals surface area contributed by atoms with Crippen molar-refractivity contribution in [1.82, 2.24) is 4.98 Å². The van der Waals surface area contributed by atoms with Crippen molar-refractivity contribution in [2.45, 2.75) is 20.5 Å². The summed E-state index contributed by atoms with van der Waals surface area (Å²) >= 11 is 3.34. The molecule has 0 saturated heterocycles. The molecule has 106 valence electrons. The Morgan fingerprint density at radius 2 is 2.10 bits per heavy atom. The Bertz CT molecular complexity index is 686. The number of allylic oxidation sites excluding steroid dienone is 1. The van der Waals surface area contributed by atoms with E-state index in [9.17, 15) is 13.9 Å². The molecule has 2 aromatic rings. The van der Waals surface area contributed by atoms with Crippen LogP contribution in [-0.2, 0) is 0 Å². The smallest absolute Gasteiger partial charge is 0.387 e. The van der Waals surface area contributed by atoms with E-state index in [4.69, 9.17) is 0 Å². The molecule has 0 unspecified atom stereocenters. The van der Waals surface area contributed by atoms with E-state index in [1.54, 1.807) is 26.0 Å². The Kier molecular flexibility index (Phi) is 4.23. The predicted octanol–water partition coefficient (Wildman–Crippen LogP) is 4.83. The van der Waals surface area contributed by atoms with Crippen LogP contribution < -0.4 is 4.74 Å². The number of ether oxygens (including phenoxy) is 1. The minimum Gasteiger partial charge on any atom is -0.508 e. The number of alkyl halides is 2. The Morgan fingerprint density at radius 1 is 1.40 bits per heavy atom. The first-order valence-corrected chi connectivity index (χ1v) is 6.63. The van der Waals surface area contributed by atoms with Crippen LogP contribution in [0.4, 0.5) is 8.78 Å². The lowest BCUT2D eigenvalue weighted by Gasteiger charge is -2.11. The lowest BCUT2D eigenvalue weighted by molar-refractivity contribution is -0.0489. The molecule has 0 atom stereocenters. The van der Waals surface area contributed by atoms with Crippen molar-refractivity contribution in [3.8, 4) is 5.75 Å². The quantitative estimate of drug-likeness (QED) is 0.812. The van der Waals surface area contributed by atoms with Crippen molar-refractivity contribution in [3.05, 3.63) is 40.0 Å². The van der Waals surface area contributed by atoms with Gasteiger partial charge in [0.15, 0.2) is 5.75 Å². The van der Waals surface area contributed by atoms with E-state index < -0.39 is 6.61 Å². The van der Waals surface area contributed by atoms with E-state index >= 15 is 0 Å². The summed E-state index contributed by atoms with van der Waals surface area (Å²) in [5.74, 6) is -0.0702. The van der Waals surface area contributed by atoms with Gasteiger partial charge in [0.1, 0.15) is 11.3 Å². The molecule has 1 heterocycles. The normalized spacial score (nSPS) is 12.2. The molecule has 0 aliphatic heterocycles. The largest absolute Gasteiger partial charge is 0.508 e. The molecular formula is C14H12BrF2NO2. The minimum absolute atomic E-state index is 0.0114. The van der Waals surface area contributed by atoms with Gasteiger partial charge in [0.25, 0.3) is 0 Å². The molecule has 0 amide bonds. The molecule has 3 nitrogen and oxygen atoms in total. The topological polar surface area (TPSA) is 42.4 Å². The average molecular weight is 344 g/mol. The molecule has 0 spiro atoms. The highest BCUT2D eigenvalue weighted by molar-refractivity contribution is 9.10. The zero-order chi connectivity index (χ0) is 14.9. The lowest BCUT2D eigenvalue weighted by Crippen LogP contribution is -2.04. The van der Waals surface area contributed by atoms with Gasteiger partial charge in [0, 0.05) is 15.4 Å². The zero-order valence-electron chi connectivity index (χ0n) is 10.8. The maximum atomic E-state index is 12.5. The van der Waals surface area contributed by atoms with Gasteiger partial charge >= 0.3 is 6.61 Å². The Labute approximate surface area is 123 Å². The van der Waals surface area contributed by atoms with E-state index in [-0.39, 0.29) is 11.5 Å². The van der Waals surface area contributed by atoms with Gasteiger partial charge in [-0.15, -0.1) is 0 Å². The van der Waals surface area contributed by atoms with E-state index in [0.717, 1.165) is 4.47 Å². The fourth-order valence-corrected chi connectivity index (χ4v) is 2.16. The molecule has 1 aromatic heterocycles. The lowest BCUT2D eigenvalue weighted by atomic mass is 10.1. The number of benzene rings is 1. The molecule has 0 aliphatic carbocycles. The van der Waals surface area contributed by atoms with Crippen molar-refractivity contribution in [3.63, 3.8) is 0 Å². The SMILES string of the molecule is CC=C(O)c1cc(OC(F)F)c2nc(C)c(Br)cc2c1. The highest BCUT2D eigenvalue weighted by atomic mass is 79.9. The summed E-state index contributed by atoms with van der Waals surface area (Å²) in [6.07, 6.45) is 1.48. The number of rotatable bonds is 3. The third kappa shape index (κ3) is 2.90. The molecule has 0 bridgehead atoms. The Balaban J connectivity index is 2.74. The minimum atomic E-state index is -2.95. The van der Waals surface area contributed by atoms with Gasteiger partial charge in [-0.3, -0.25) is 0 Å². The molecule has 1 N–H and O–H groups in total. The van der Waals surface area contributed by atoms with Gasteiger partial charge in [0.2, 0.25) is 0 Å². The molecule has 1 aromatic carbocycles. The Morgan fingerprint density at radius 3 is 2.70 bits per heavy atom. The summed E-state index contributed by atoms with van der Waals surface area (Å²) in [5, 5.41) is 10.4. The third-order valence-electron chi connectivity index (χ3n) is 2.80. The fraction of sp³-hybridized carbons (Fsp3) is 0.214. The number of nitrogens with zero attached hydrogens (tertiary/aromatic N) is 1. The fourth-order valence-electron chi connectivity index (χ4n) is 1.82.